The van der Waals surface area contributed by atoms with Crippen LogP contribution in [0.3, 0.4) is 0 Å². The van der Waals surface area contributed by atoms with E-state index in [0.717, 1.165) is 0 Å². The fourth-order valence-corrected chi connectivity index (χ4v) is 3.08. The second-order valence-corrected chi connectivity index (χ2v) is 6.72. The molecule has 3 amide bonds. The maximum absolute atomic E-state index is 12.6. The number of nitrogens with zero attached hydrogens (tertiary/aromatic N) is 2. The van der Waals surface area contributed by atoms with Crippen LogP contribution in [-0.4, -0.2) is 67.1 Å². The van der Waals surface area contributed by atoms with Crippen molar-refractivity contribution in [3.8, 4) is 5.75 Å². The number of nitrogens with one attached hydrogen (secondary N) is 1. The van der Waals surface area contributed by atoms with Crippen LogP contribution >= 0.6 is 11.6 Å². The third kappa shape index (κ3) is 4.37. The van der Waals surface area contributed by atoms with Crippen LogP contribution in [0.1, 0.15) is 23.2 Å². The van der Waals surface area contributed by atoms with E-state index in [1.54, 1.807) is 14.1 Å². The molecule has 0 radical (unpaired) electrons. The summed E-state index contributed by atoms with van der Waals surface area (Å²) >= 11 is 6.09. The van der Waals surface area contributed by atoms with Crippen molar-refractivity contribution in [2.24, 2.45) is 5.92 Å². The summed E-state index contributed by atoms with van der Waals surface area (Å²) in [6.07, 6.45) is 1.16. The molecule has 2 rings (SSSR count). The van der Waals surface area contributed by atoms with Crippen LogP contribution < -0.4 is 10.1 Å². The maximum Gasteiger partial charge on any atom is 0.321 e. The predicted molar refractivity (Wildman–Crippen MR) is 97.0 cm³/mol. The van der Waals surface area contributed by atoms with Crippen molar-refractivity contribution < 1.29 is 24.2 Å². The van der Waals surface area contributed by atoms with E-state index in [1.165, 1.54) is 29.0 Å². The van der Waals surface area contributed by atoms with E-state index in [0.29, 0.717) is 19.4 Å². The Hall–Kier alpha value is -2.48. The molecular weight excluding hydrogens is 362 g/mol. The average molecular weight is 384 g/mol. The number of piperidine rings is 1. The van der Waals surface area contributed by atoms with Gasteiger partial charge in [0, 0.05) is 32.2 Å². The Kier molecular flexibility index (Phi) is 6.31. The zero-order valence-electron chi connectivity index (χ0n) is 14.9. The highest BCUT2D eigenvalue weighted by atomic mass is 35.5. The van der Waals surface area contributed by atoms with Crippen molar-refractivity contribution >= 4 is 35.2 Å². The van der Waals surface area contributed by atoms with E-state index in [-0.39, 0.29) is 34.5 Å². The van der Waals surface area contributed by atoms with Crippen molar-refractivity contribution in [2.75, 3.05) is 39.6 Å². The molecule has 1 unspecified atom stereocenters. The third-order valence-electron chi connectivity index (χ3n) is 4.19. The number of anilines is 1. The number of ether oxygens (including phenoxy) is 1. The summed E-state index contributed by atoms with van der Waals surface area (Å²) in [4.78, 5) is 38.9. The van der Waals surface area contributed by atoms with Gasteiger partial charge in [-0.3, -0.25) is 9.59 Å². The monoisotopic (exact) mass is 383 g/mol. The first-order valence-corrected chi connectivity index (χ1v) is 8.50. The molecule has 0 saturated carbocycles. The quantitative estimate of drug-likeness (QED) is 0.831. The number of methoxy groups -OCH3 is 1. The summed E-state index contributed by atoms with van der Waals surface area (Å²) in [6, 6.07) is 2.50. The minimum absolute atomic E-state index is 0.132. The molecule has 26 heavy (non-hydrogen) atoms. The molecule has 142 valence electrons. The molecule has 0 aromatic heterocycles. The van der Waals surface area contributed by atoms with Crippen LogP contribution in [0.25, 0.3) is 0 Å². The highest BCUT2D eigenvalue weighted by Gasteiger charge is 2.29. The van der Waals surface area contributed by atoms with Gasteiger partial charge in [0.15, 0.2) is 5.75 Å². The van der Waals surface area contributed by atoms with Crippen molar-refractivity contribution in [1.82, 2.24) is 9.80 Å². The van der Waals surface area contributed by atoms with Gasteiger partial charge in [-0.2, -0.15) is 0 Å². The molecular formula is C17H22ClN3O5. The molecule has 1 aliphatic rings. The first-order valence-electron chi connectivity index (χ1n) is 8.12. The molecule has 1 aliphatic heterocycles. The Morgan fingerprint density at radius 1 is 1.35 bits per heavy atom. The molecule has 1 aromatic carbocycles. The first-order chi connectivity index (χ1) is 12.2. The topological polar surface area (TPSA) is 99.2 Å². The molecule has 0 bridgehead atoms. The van der Waals surface area contributed by atoms with Gasteiger partial charge < -0.3 is 25.0 Å². The lowest BCUT2D eigenvalue weighted by Gasteiger charge is -2.31. The SMILES string of the molecule is COc1c(NC(=O)N2CCCC(C(=O)O)C2)cc(Cl)cc1C(=O)N(C)C. The molecule has 1 fully saturated rings. The van der Waals surface area contributed by atoms with Gasteiger partial charge in [0.25, 0.3) is 5.91 Å². The number of carbonyl (C=O) groups is 3. The van der Waals surface area contributed by atoms with Crippen molar-refractivity contribution in [3.05, 3.63) is 22.7 Å². The lowest BCUT2D eigenvalue weighted by Crippen LogP contribution is -2.44. The second kappa shape index (κ2) is 8.27. The van der Waals surface area contributed by atoms with Gasteiger partial charge in [0.2, 0.25) is 0 Å². The molecule has 1 aromatic rings. The zero-order valence-corrected chi connectivity index (χ0v) is 15.7. The number of carbonyl (C=O) groups excluding carboxylic acids is 2. The van der Waals surface area contributed by atoms with E-state index in [9.17, 15) is 14.4 Å². The van der Waals surface area contributed by atoms with Crippen LogP contribution in [0.15, 0.2) is 12.1 Å². The molecule has 9 heteroatoms. The van der Waals surface area contributed by atoms with Gasteiger partial charge in [-0.15, -0.1) is 0 Å². The van der Waals surface area contributed by atoms with E-state index < -0.39 is 17.9 Å². The van der Waals surface area contributed by atoms with Gasteiger partial charge in [0.05, 0.1) is 24.3 Å². The minimum Gasteiger partial charge on any atom is -0.494 e. The normalized spacial score (nSPS) is 16.8. The van der Waals surface area contributed by atoms with Crippen LogP contribution in [0, 0.1) is 5.92 Å². The fourth-order valence-electron chi connectivity index (χ4n) is 2.86. The lowest BCUT2D eigenvalue weighted by molar-refractivity contribution is -0.143. The summed E-state index contributed by atoms with van der Waals surface area (Å²) in [5.74, 6) is -1.61. The number of rotatable bonds is 4. The van der Waals surface area contributed by atoms with Gasteiger partial charge >= 0.3 is 12.0 Å². The predicted octanol–water partition coefficient (Wildman–Crippen LogP) is 2.38. The van der Waals surface area contributed by atoms with E-state index in [1.807, 2.05) is 0 Å². The number of benzene rings is 1. The highest BCUT2D eigenvalue weighted by molar-refractivity contribution is 6.31. The Bertz CT molecular complexity index is 723. The smallest absolute Gasteiger partial charge is 0.321 e. The number of urea groups is 1. The summed E-state index contributed by atoms with van der Waals surface area (Å²) in [6.45, 7) is 0.593. The Balaban J connectivity index is 2.27. The summed E-state index contributed by atoms with van der Waals surface area (Å²) in [7, 11) is 4.59. The zero-order chi connectivity index (χ0) is 19.4. The molecule has 1 atom stereocenters. The average Bonchev–Trinajstić information content (AvgIpc) is 2.60. The maximum atomic E-state index is 12.6. The van der Waals surface area contributed by atoms with Crippen LogP contribution in [0.2, 0.25) is 5.02 Å². The Morgan fingerprint density at radius 3 is 2.62 bits per heavy atom. The van der Waals surface area contributed by atoms with Gasteiger partial charge in [-0.25, -0.2) is 4.79 Å². The molecule has 1 heterocycles. The molecule has 0 spiro atoms. The summed E-state index contributed by atoms with van der Waals surface area (Å²) in [5.41, 5.74) is 0.481. The van der Waals surface area contributed by atoms with Crippen molar-refractivity contribution in [3.63, 3.8) is 0 Å². The van der Waals surface area contributed by atoms with Crippen molar-refractivity contribution in [2.45, 2.75) is 12.8 Å². The standard InChI is InChI=1S/C17H22ClN3O5/c1-20(2)15(22)12-7-11(18)8-13(14(12)26-3)19-17(25)21-6-4-5-10(9-21)16(23)24/h7-8,10H,4-6,9H2,1-3H3,(H,19,25)(H,23,24). The number of likely N-dealkylation sites (tertiary alicyclic amines) is 1. The van der Waals surface area contributed by atoms with E-state index >= 15 is 0 Å². The lowest BCUT2D eigenvalue weighted by atomic mass is 9.99. The van der Waals surface area contributed by atoms with Gasteiger partial charge in [0.1, 0.15) is 0 Å². The van der Waals surface area contributed by atoms with Crippen LogP contribution in [0.5, 0.6) is 5.75 Å². The molecule has 0 aliphatic carbocycles. The van der Waals surface area contributed by atoms with E-state index in [2.05, 4.69) is 5.32 Å². The Labute approximate surface area is 156 Å². The third-order valence-corrected chi connectivity index (χ3v) is 4.41. The highest BCUT2D eigenvalue weighted by Crippen LogP contribution is 2.33. The number of hydrogen-bond donors (Lipinski definition) is 2. The number of aliphatic carboxylic acids is 1. The summed E-state index contributed by atoms with van der Waals surface area (Å²) < 4.78 is 5.32. The summed E-state index contributed by atoms with van der Waals surface area (Å²) in [5, 5.41) is 12.1. The number of carboxylic acids is 1. The largest absolute Gasteiger partial charge is 0.494 e. The number of carboxylic acid groups (broad SMARTS) is 1. The van der Waals surface area contributed by atoms with Crippen LogP contribution in [-0.2, 0) is 4.79 Å². The van der Waals surface area contributed by atoms with Crippen LogP contribution in [0.4, 0.5) is 10.5 Å². The second-order valence-electron chi connectivity index (χ2n) is 6.29. The van der Waals surface area contributed by atoms with Gasteiger partial charge in [-0.1, -0.05) is 11.6 Å². The molecule has 2 N–H and O–H groups in total. The molecule has 8 nitrogen and oxygen atoms in total. The Morgan fingerprint density at radius 2 is 2.04 bits per heavy atom. The van der Waals surface area contributed by atoms with Crippen molar-refractivity contribution in [1.29, 1.82) is 0 Å². The fraction of sp³-hybridized carbons (Fsp3) is 0.471. The minimum atomic E-state index is -0.915. The van der Waals surface area contributed by atoms with Gasteiger partial charge in [-0.05, 0) is 25.0 Å². The number of amides is 3. The molecule has 1 saturated heterocycles. The first kappa shape index (κ1) is 19.8. The van der Waals surface area contributed by atoms with E-state index in [4.69, 9.17) is 21.4 Å². The number of halogens is 1. The number of hydrogen-bond acceptors (Lipinski definition) is 4.